The molecule has 0 aliphatic carbocycles. The number of methoxy groups -OCH3 is 2. The average Bonchev–Trinajstić information content (AvgIpc) is 2.88. The Morgan fingerprint density at radius 3 is 2.62 bits per heavy atom. The number of hydrogen-bond acceptors (Lipinski definition) is 5. The highest BCUT2D eigenvalue weighted by Gasteiger charge is 2.19. The van der Waals surface area contributed by atoms with Gasteiger partial charge in [0.25, 0.3) is 5.91 Å². The van der Waals surface area contributed by atoms with Gasteiger partial charge >= 0.3 is 0 Å². The average molecular weight is 290 g/mol. The van der Waals surface area contributed by atoms with E-state index in [0.29, 0.717) is 40.6 Å². The summed E-state index contributed by atoms with van der Waals surface area (Å²) in [6.07, 6.45) is 0.631. The van der Waals surface area contributed by atoms with E-state index in [0.717, 1.165) is 0 Å². The highest BCUT2D eigenvalue weighted by molar-refractivity contribution is 6.05. The van der Waals surface area contributed by atoms with E-state index in [1.165, 1.54) is 0 Å². The van der Waals surface area contributed by atoms with Gasteiger partial charge < -0.3 is 19.3 Å². The van der Waals surface area contributed by atoms with E-state index in [2.05, 4.69) is 10.5 Å². The third-order valence-corrected chi connectivity index (χ3v) is 3.14. The molecular formula is C15H18N2O4. The summed E-state index contributed by atoms with van der Waals surface area (Å²) in [6.45, 7) is 3.64. The van der Waals surface area contributed by atoms with Crippen molar-refractivity contribution in [2.75, 3.05) is 19.5 Å². The van der Waals surface area contributed by atoms with Crippen molar-refractivity contribution in [2.24, 2.45) is 0 Å². The van der Waals surface area contributed by atoms with Crippen LogP contribution >= 0.6 is 0 Å². The molecule has 0 aliphatic heterocycles. The molecule has 0 saturated heterocycles. The summed E-state index contributed by atoms with van der Waals surface area (Å²) in [6, 6.07) is 5.18. The fraction of sp³-hybridized carbons (Fsp3) is 0.333. The molecule has 0 fully saturated rings. The lowest BCUT2D eigenvalue weighted by Gasteiger charge is -2.10. The van der Waals surface area contributed by atoms with Crippen molar-refractivity contribution in [1.29, 1.82) is 0 Å². The third-order valence-electron chi connectivity index (χ3n) is 3.14. The minimum atomic E-state index is -0.252. The molecule has 1 N–H and O–H groups in total. The molecule has 112 valence electrons. The number of ether oxygens (including phenoxy) is 2. The van der Waals surface area contributed by atoms with Crippen molar-refractivity contribution in [3.05, 3.63) is 35.2 Å². The molecule has 1 aromatic carbocycles. The maximum atomic E-state index is 12.3. The SMILES string of the molecule is CCc1noc(C)c1C(=O)Nc1ccc(OC)c(OC)c1. The Balaban J connectivity index is 2.25. The summed E-state index contributed by atoms with van der Waals surface area (Å²) in [5.41, 5.74) is 1.73. The van der Waals surface area contributed by atoms with Gasteiger partial charge in [-0.2, -0.15) is 0 Å². The van der Waals surface area contributed by atoms with E-state index < -0.39 is 0 Å². The minimum Gasteiger partial charge on any atom is -0.493 e. The number of anilines is 1. The van der Waals surface area contributed by atoms with Crippen LogP contribution in [0, 0.1) is 6.92 Å². The van der Waals surface area contributed by atoms with Crippen LogP contribution < -0.4 is 14.8 Å². The zero-order chi connectivity index (χ0) is 15.4. The van der Waals surface area contributed by atoms with Crippen LogP contribution in [0.15, 0.2) is 22.7 Å². The molecule has 6 nitrogen and oxygen atoms in total. The maximum Gasteiger partial charge on any atom is 0.261 e. The van der Waals surface area contributed by atoms with Crippen molar-refractivity contribution >= 4 is 11.6 Å². The minimum absolute atomic E-state index is 0.252. The third kappa shape index (κ3) is 2.99. The van der Waals surface area contributed by atoms with Gasteiger partial charge in [0.05, 0.1) is 19.9 Å². The summed E-state index contributed by atoms with van der Waals surface area (Å²) in [5, 5.41) is 6.69. The van der Waals surface area contributed by atoms with Gasteiger partial charge in [-0.3, -0.25) is 4.79 Å². The van der Waals surface area contributed by atoms with E-state index >= 15 is 0 Å². The monoisotopic (exact) mass is 290 g/mol. The number of nitrogens with one attached hydrogen (secondary N) is 1. The Labute approximate surface area is 123 Å². The van der Waals surface area contributed by atoms with E-state index in [1.54, 1.807) is 39.3 Å². The van der Waals surface area contributed by atoms with Crippen LogP contribution in [0.1, 0.15) is 28.7 Å². The Kier molecular flexibility index (Phi) is 4.47. The van der Waals surface area contributed by atoms with Crippen molar-refractivity contribution in [3.8, 4) is 11.5 Å². The lowest BCUT2D eigenvalue weighted by atomic mass is 10.1. The second kappa shape index (κ2) is 6.30. The molecule has 6 heteroatoms. The number of hydrogen-bond donors (Lipinski definition) is 1. The molecule has 1 aromatic heterocycles. The van der Waals surface area contributed by atoms with Crippen LogP contribution in [0.3, 0.4) is 0 Å². The first-order valence-corrected chi connectivity index (χ1v) is 6.59. The molecular weight excluding hydrogens is 272 g/mol. The number of carbonyl (C=O) groups is 1. The highest BCUT2D eigenvalue weighted by atomic mass is 16.5. The summed E-state index contributed by atoms with van der Waals surface area (Å²) >= 11 is 0. The number of nitrogens with zero attached hydrogens (tertiary/aromatic N) is 1. The van der Waals surface area contributed by atoms with Crippen molar-refractivity contribution < 1.29 is 18.8 Å². The summed E-state index contributed by atoms with van der Waals surface area (Å²) in [5.74, 6) is 1.40. The van der Waals surface area contributed by atoms with Gasteiger partial charge in [-0.15, -0.1) is 0 Å². The quantitative estimate of drug-likeness (QED) is 0.916. The molecule has 21 heavy (non-hydrogen) atoms. The lowest BCUT2D eigenvalue weighted by Crippen LogP contribution is -2.14. The van der Waals surface area contributed by atoms with E-state index in [1.807, 2.05) is 6.92 Å². The Hall–Kier alpha value is -2.50. The van der Waals surface area contributed by atoms with Crippen LogP contribution in [-0.4, -0.2) is 25.3 Å². The molecule has 0 atom stereocenters. The molecule has 0 aliphatic rings. The second-order valence-corrected chi connectivity index (χ2v) is 4.44. The second-order valence-electron chi connectivity index (χ2n) is 4.44. The van der Waals surface area contributed by atoms with E-state index in [4.69, 9.17) is 14.0 Å². The topological polar surface area (TPSA) is 73.6 Å². The van der Waals surface area contributed by atoms with Gasteiger partial charge in [-0.05, 0) is 25.5 Å². The highest BCUT2D eigenvalue weighted by Crippen LogP contribution is 2.30. The number of rotatable bonds is 5. The maximum absolute atomic E-state index is 12.3. The molecule has 0 radical (unpaired) electrons. The normalized spacial score (nSPS) is 10.3. The van der Waals surface area contributed by atoms with Gasteiger partial charge in [0.2, 0.25) is 0 Å². The van der Waals surface area contributed by atoms with Gasteiger partial charge in [0, 0.05) is 11.8 Å². The van der Waals surface area contributed by atoms with E-state index in [-0.39, 0.29) is 5.91 Å². The Morgan fingerprint density at radius 1 is 1.29 bits per heavy atom. The first-order valence-electron chi connectivity index (χ1n) is 6.59. The molecule has 2 aromatic rings. The summed E-state index contributed by atoms with van der Waals surface area (Å²) < 4.78 is 15.4. The molecule has 2 rings (SSSR count). The molecule has 1 heterocycles. The Morgan fingerprint density at radius 2 is 2.00 bits per heavy atom. The zero-order valence-electron chi connectivity index (χ0n) is 12.5. The molecule has 0 saturated carbocycles. The number of benzene rings is 1. The lowest BCUT2D eigenvalue weighted by molar-refractivity contribution is 0.102. The summed E-state index contributed by atoms with van der Waals surface area (Å²) in [7, 11) is 3.10. The van der Waals surface area contributed by atoms with Gasteiger partial charge in [0.15, 0.2) is 11.5 Å². The van der Waals surface area contributed by atoms with Gasteiger partial charge in [-0.1, -0.05) is 12.1 Å². The zero-order valence-corrected chi connectivity index (χ0v) is 12.5. The molecule has 0 spiro atoms. The first-order chi connectivity index (χ1) is 10.1. The van der Waals surface area contributed by atoms with Gasteiger partial charge in [0.1, 0.15) is 11.3 Å². The molecule has 0 unspecified atom stereocenters. The number of amides is 1. The fourth-order valence-electron chi connectivity index (χ4n) is 2.06. The largest absolute Gasteiger partial charge is 0.493 e. The number of carbonyl (C=O) groups excluding carboxylic acids is 1. The first kappa shape index (κ1) is 14.9. The van der Waals surface area contributed by atoms with Crippen molar-refractivity contribution in [3.63, 3.8) is 0 Å². The number of aryl methyl sites for hydroxylation is 2. The predicted octanol–water partition coefficient (Wildman–Crippen LogP) is 2.81. The smallest absolute Gasteiger partial charge is 0.261 e. The fourth-order valence-corrected chi connectivity index (χ4v) is 2.06. The molecule has 0 bridgehead atoms. The predicted molar refractivity (Wildman–Crippen MR) is 78.1 cm³/mol. The van der Waals surface area contributed by atoms with Crippen LogP contribution in [0.25, 0.3) is 0 Å². The van der Waals surface area contributed by atoms with E-state index in [9.17, 15) is 4.79 Å². The number of aromatic nitrogens is 1. The van der Waals surface area contributed by atoms with Crippen LogP contribution in [0.2, 0.25) is 0 Å². The Bertz CT molecular complexity index is 649. The van der Waals surface area contributed by atoms with Crippen LogP contribution in [0.5, 0.6) is 11.5 Å². The van der Waals surface area contributed by atoms with Crippen LogP contribution in [0.4, 0.5) is 5.69 Å². The molecule has 1 amide bonds. The summed E-state index contributed by atoms with van der Waals surface area (Å²) in [4.78, 5) is 12.3. The van der Waals surface area contributed by atoms with Crippen molar-refractivity contribution in [1.82, 2.24) is 5.16 Å². The van der Waals surface area contributed by atoms with Crippen molar-refractivity contribution in [2.45, 2.75) is 20.3 Å². The van der Waals surface area contributed by atoms with Crippen LogP contribution in [-0.2, 0) is 6.42 Å². The standard InChI is InChI=1S/C15H18N2O4/c1-5-11-14(9(2)21-17-11)15(18)16-10-6-7-12(19-3)13(8-10)20-4/h6-8H,5H2,1-4H3,(H,16,18). The van der Waals surface area contributed by atoms with Gasteiger partial charge in [-0.25, -0.2) is 0 Å².